The largest absolute Gasteiger partial charge is 0.356 e. The van der Waals surface area contributed by atoms with Crippen molar-refractivity contribution in [1.29, 1.82) is 0 Å². The first-order chi connectivity index (χ1) is 37.4. The third kappa shape index (κ3) is 17.4. The topological polar surface area (TPSA) is 65.3 Å². The van der Waals surface area contributed by atoms with Gasteiger partial charge in [-0.05, 0) is 120 Å². The Morgan fingerprint density at radius 3 is 1.79 bits per heavy atom. The van der Waals surface area contributed by atoms with Crippen molar-refractivity contribution in [3.8, 4) is 22.3 Å². The number of carbonyl (C=O) groups is 2. The van der Waals surface area contributed by atoms with Gasteiger partial charge in [0.15, 0.2) is 6.54 Å². The predicted octanol–water partition coefficient (Wildman–Crippen LogP) is 18.3. The number of hydrogen-bond donors (Lipinski definition) is 2. The van der Waals surface area contributed by atoms with Crippen LogP contribution in [0, 0.1) is 5.92 Å². The minimum atomic E-state index is 0.192. The van der Waals surface area contributed by atoms with E-state index in [-0.39, 0.29) is 11.8 Å². The molecule has 1 atom stereocenters. The van der Waals surface area contributed by atoms with Crippen molar-refractivity contribution in [2.24, 2.45) is 5.92 Å². The van der Waals surface area contributed by atoms with E-state index < -0.39 is 0 Å². The summed E-state index contributed by atoms with van der Waals surface area (Å²) < 4.78 is 3.80. The lowest BCUT2D eigenvalue weighted by Gasteiger charge is -2.29. The number of unbranched alkanes of at least 4 members (excludes halogenated alkanes) is 16. The summed E-state index contributed by atoms with van der Waals surface area (Å²) in [4.78, 5) is 29.6. The highest BCUT2D eigenvalue weighted by Crippen LogP contribution is 2.49. The predicted molar refractivity (Wildman–Crippen MR) is 326 cm³/mol. The van der Waals surface area contributed by atoms with E-state index in [4.69, 9.17) is 0 Å². The molecule has 2 amide bonds. The zero-order valence-electron chi connectivity index (χ0n) is 46.4. The molecule has 5 aromatic rings. The second-order valence-electron chi connectivity index (χ2n) is 21.8. The Morgan fingerprint density at radius 2 is 1.16 bits per heavy atom. The third-order valence-corrected chi connectivity index (χ3v) is 18.0. The fraction of sp³-hybridized carbons (Fsp3) is 0.485. The first kappa shape index (κ1) is 57.0. The van der Waals surface area contributed by atoms with Crippen molar-refractivity contribution in [3.05, 3.63) is 142 Å². The molecule has 6 nitrogen and oxygen atoms in total. The van der Waals surface area contributed by atoms with Gasteiger partial charge in [0.1, 0.15) is 4.70 Å². The number of benzene rings is 4. The molecule has 0 bridgehead atoms. The lowest BCUT2D eigenvalue weighted by Crippen LogP contribution is -2.37. The Bertz CT molecular complexity index is 2730. The number of nitrogens with zero attached hydrogens (tertiary/aromatic N) is 2. The van der Waals surface area contributed by atoms with Crippen molar-refractivity contribution in [2.75, 3.05) is 24.5 Å². The molecule has 1 aromatic heterocycles. The molecular weight excluding hydrogens is 969 g/mol. The summed E-state index contributed by atoms with van der Waals surface area (Å²) in [6.07, 6.45) is 40.2. The number of allylic oxidation sites excluding steroid dienone is 6. The van der Waals surface area contributed by atoms with Gasteiger partial charge in [0.25, 0.3) is 5.01 Å². The average molecular weight is 1060 g/mol. The van der Waals surface area contributed by atoms with Crippen LogP contribution in [0.3, 0.4) is 0 Å². The van der Waals surface area contributed by atoms with Gasteiger partial charge in [-0.15, -0.1) is 0 Å². The quantitative estimate of drug-likeness (QED) is 0.0333. The van der Waals surface area contributed by atoms with Gasteiger partial charge in [-0.25, -0.2) is 0 Å². The van der Waals surface area contributed by atoms with Crippen LogP contribution in [0.1, 0.15) is 186 Å². The van der Waals surface area contributed by atoms with E-state index in [1.807, 2.05) is 23.1 Å². The molecule has 8 heteroatoms. The second-order valence-corrected chi connectivity index (χ2v) is 24.0. The maximum atomic E-state index is 12.9. The Labute approximate surface area is 466 Å². The molecular formula is C68H89N4O2S2+. The van der Waals surface area contributed by atoms with Crippen LogP contribution in [0.4, 0.5) is 5.69 Å². The first-order valence-corrected chi connectivity index (χ1v) is 31.6. The van der Waals surface area contributed by atoms with E-state index in [0.29, 0.717) is 31.8 Å². The number of nitrogens with one attached hydrogen (secondary N) is 2. The van der Waals surface area contributed by atoms with E-state index in [1.54, 1.807) is 0 Å². The van der Waals surface area contributed by atoms with Gasteiger partial charge in [0, 0.05) is 55.9 Å². The van der Waals surface area contributed by atoms with Crippen LogP contribution >= 0.6 is 23.1 Å². The molecule has 1 unspecified atom stereocenters. The van der Waals surface area contributed by atoms with Gasteiger partial charge in [0.05, 0.1) is 10.7 Å². The van der Waals surface area contributed by atoms with Crippen LogP contribution in [0.25, 0.3) is 38.5 Å². The number of carbonyl (C=O) groups excluding carboxylic acids is 2. The zero-order chi connectivity index (χ0) is 52.6. The molecule has 76 heavy (non-hydrogen) atoms. The fourth-order valence-corrected chi connectivity index (χ4v) is 13.8. The maximum absolute atomic E-state index is 12.9. The minimum absolute atomic E-state index is 0.192. The van der Waals surface area contributed by atoms with Gasteiger partial charge in [-0.2, -0.15) is 4.57 Å². The van der Waals surface area contributed by atoms with E-state index in [2.05, 4.69) is 155 Å². The van der Waals surface area contributed by atoms with E-state index >= 15 is 0 Å². The highest BCUT2D eigenvalue weighted by Gasteiger charge is 2.29. The Hall–Kier alpha value is -5.18. The number of aromatic nitrogens is 1. The summed E-state index contributed by atoms with van der Waals surface area (Å²) in [5.41, 5.74) is 11.7. The summed E-state index contributed by atoms with van der Waals surface area (Å²) in [6, 6.07) is 35.3. The van der Waals surface area contributed by atoms with Crippen LogP contribution in [-0.4, -0.2) is 31.4 Å². The van der Waals surface area contributed by atoms with Crippen LogP contribution in [0.15, 0.2) is 142 Å². The molecule has 8 rings (SSSR count). The van der Waals surface area contributed by atoms with Crippen molar-refractivity contribution < 1.29 is 14.2 Å². The lowest BCUT2D eigenvalue weighted by molar-refractivity contribution is -0.669. The number of amides is 2. The van der Waals surface area contributed by atoms with Gasteiger partial charge in [-0.1, -0.05) is 219 Å². The molecule has 0 radical (unpaired) electrons. The Balaban J connectivity index is 0.932. The van der Waals surface area contributed by atoms with E-state index in [9.17, 15) is 9.59 Å². The minimum Gasteiger partial charge on any atom is -0.356 e. The van der Waals surface area contributed by atoms with Crippen molar-refractivity contribution in [3.63, 3.8) is 0 Å². The average Bonchev–Trinajstić information content (AvgIpc) is 3.97. The molecule has 3 aliphatic rings. The molecule has 404 valence electrons. The molecule has 0 saturated heterocycles. The fourth-order valence-electron chi connectivity index (χ4n) is 11.4. The van der Waals surface area contributed by atoms with E-state index in [1.165, 1.54) is 173 Å². The SMILES string of the molecule is CCCCCCCCCCCC(=O)NCCCN1/C(=C/C2=CC3=C/C(=C/c4sc5cc(-c6ccccc6)ccc5[n+]4CCCNC(=O)CCCCCCCCCCC)CCC3CC2)Sc2cc(-c3ccccc3)ccc21. The van der Waals surface area contributed by atoms with Gasteiger partial charge >= 0.3 is 0 Å². The molecule has 0 fully saturated rings. The number of fused-ring (bicyclic) bond motifs is 3. The number of anilines is 1. The lowest BCUT2D eigenvalue weighted by atomic mass is 9.77. The number of rotatable bonds is 32. The van der Waals surface area contributed by atoms with Gasteiger partial charge in [-0.3, -0.25) is 9.59 Å². The molecule has 0 saturated carbocycles. The normalized spacial score (nSPS) is 16.2. The van der Waals surface area contributed by atoms with E-state index in [0.717, 1.165) is 64.5 Å². The molecule has 2 heterocycles. The number of aryl methyl sites for hydroxylation is 1. The highest BCUT2D eigenvalue weighted by molar-refractivity contribution is 8.03. The summed E-state index contributed by atoms with van der Waals surface area (Å²) in [7, 11) is 0. The molecule has 4 aromatic carbocycles. The molecule has 2 aliphatic carbocycles. The van der Waals surface area contributed by atoms with Crippen LogP contribution in [0.5, 0.6) is 0 Å². The van der Waals surface area contributed by atoms with Crippen molar-refractivity contribution in [1.82, 2.24) is 10.6 Å². The standard InChI is InChI=1S/C68H88N4O2S2/c1-3-5-7-9-11-13-15-17-25-33-65(73)69-43-27-45-71-61-41-39-58(55-29-21-19-22-30-55)51-63(61)75-67(71)49-53-35-37-57-38-36-54(48-60(57)47-53)50-68-72(62-42-40-59(52-64(62)76-68)56-31-23-20-24-32-56)46-28-44-70-66(74)34-26-18-16-14-12-10-8-6-4-2/h19-24,29-32,39-42,47-52,57H,3-18,25-28,33-38,43-46H2,1-2H3,(H-,69,70,73,74)/p+1. The summed E-state index contributed by atoms with van der Waals surface area (Å²) >= 11 is 3.78. The Kier molecular flexibility index (Phi) is 23.5. The number of thiazole rings is 1. The summed E-state index contributed by atoms with van der Waals surface area (Å²) in [5.74, 6) is 0.967. The second kappa shape index (κ2) is 31.3. The number of thioether (sulfide) groups is 1. The summed E-state index contributed by atoms with van der Waals surface area (Å²) in [6.45, 7) is 7.64. The first-order valence-electron chi connectivity index (χ1n) is 30.0. The van der Waals surface area contributed by atoms with Crippen molar-refractivity contribution in [2.45, 2.75) is 192 Å². The molecule has 0 spiro atoms. The van der Waals surface area contributed by atoms with Crippen LogP contribution < -0.4 is 20.1 Å². The third-order valence-electron chi connectivity index (χ3n) is 15.8. The molecule has 2 N–H and O–H groups in total. The maximum Gasteiger partial charge on any atom is 0.263 e. The smallest absolute Gasteiger partial charge is 0.263 e. The van der Waals surface area contributed by atoms with Crippen molar-refractivity contribution >= 4 is 56.9 Å². The van der Waals surface area contributed by atoms with Gasteiger partial charge in [0.2, 0.25) is 17.3 Å². The summed E-state index contributed by atoms with van der Waals surface area (Å²) in [5, 5.41) is 9.06. The van der Waals surface area contributed by atoms with Crippen LogP contribution in [0.2, 0.25) is 0 Å². The van der Waals surface area contributed by atoms with Gasteiger partial charge < -0.3 is 15.5 Å². The number of hydrogen-bond acceptors (Lipinski definition) is 5. The Morgan fingerprint density at radius 1 is 0.592 bits per heavy atom. The molecule has 1 aliphatic heterocycles. The van der Waals surface area contributed by atoms with Crippen LogP contribution in [-0.2, 0) is 16.1 Å². The zero-order valence-corrected chi connectivity index (χ0v) is 48.0. The highest BCUT2D eigenvalue weighted by atomic mass is 32.2. The monoisotopic (exact) mass is 1060 g/mol.